The molecule has 1 heteroatoms. The van der Waals surface area contributed by atoms with E-state index in [4.69, 9.17) is 0 Å². The summed E-state index contributed by atoms with van der Waals surface area (Å²) >= 11 is 0. The number of allylic oxidation sites excluding steroid dienone is 2. The molecule has 2 aromatic carbocycles. The van der Waals surface area contributed by atoms with Crippen LogP contribution in [0, 0.1) is 0 Å². The molecule has 0 bridgehead atoms. The second-order valence-electron chi connectivity index (χ2n) is 9.92. The van der Waals surface area contributed by atoms with Crippen molar-refractivity contribution in [1.29, 1.82) is 0 Å². The zero-order chi connectivity index (χ0) is 18.4. The summed E-state index contributed by atoms with van der Waals surface area (Å²) < 4.78 is 0. The molecule has 3 aliphatic rings. The lowest BCUT2D eigenvalue weighted by Gasteiger charge is -2.25. The fourth-order valence-corrected chi connectivity index (χ4v) is 9.06. The maximum absolute atomic E-state index is 2.53. The zero-order valence-corrected chi connectivity index (χ0v) is 17.8. The quantitative estimate of drug-likeness (QED) is 0.502. The van der Waals surface area contributed by atoms with Crippen LogP contribution in [0.2, 0.25) is 13.1 Å². The molecule has 0 nitrogen and oxygen atoms in total. The van der Waals surface area contributed by atoms with Gasteiger partial charge in [-0.25, -0.2) is 0 Å². The lowest BCUT2D eigenvalue weighted by molar-refractivity contribution is 0.588. The van der Waals surface area contributed by atoms with Crippen LogP contribution < -0.4 is 0 Å². The van der Waals surface area contributed by atoms with Gasteiger partial charge in [0.15, 0.2) is 0 Å². The highest BCUT2D eigenvalue weighted by atomic mass is 28.3. The fourth-order valence-electron chi connectivity index (χ4n) is 5.44. The van der Waals surface area contributed by atoms with Gasteiger partial charge in [0.25, 0.3) is 0 Å². The van der Waals surface area contributed by atoms with Crippen LogP contribution in [0.1, 0.15) is 67.0 Å². The van der Waals surface area contributed by atoms with E-state index >= 15 is 0 Å². The Hall–Kier alpha value is -1.86. The second kappa shape index (κ2) is 4.89. The van der Waals surface area contributed by atoms with Crippen molar-refractivity contribution >= 4 is 19.3 Å². The molecular formula is C25H28Si. The van der Waals surface area contributed by atoms with Crippen molar-refractivity contribution in [1.82, 2.24) is 0 Å². The largest absolute Gasteiger partial charge is 0.108 e. The Morgan fingerprint density at radius 3 is 2.38 bits per heavy atom. The van der Waals surface area contributed by atoms with E-state index in [0.29, 0.717) is 5.92 Å². The molecule has 0 saturated heterocycles. The molecule has 1 heterocycles. The number of benzene rings is 2. The lowest BCUT2D eigenvalue weighted by Crippen LogP contribution is -2.17. The molecule has 132 valence electrons. The van der Waals surface area contributed by atoms with Crippen LogP contribution in [0.25, 0.3) is 11.3 Å². The summed E-state index contributed by atoms with van der Waals surface area (Å²) in [5.74, 6) is 0.430. The molecule has 1 unspecified atom stereocenters. The molecule has 2 aromatic rings. The minimum absolute atomic E-state index is 0.177. The molecule has 0 N–H and O–H groups in total. The summed E-state index contributed by atoms with van der Waals surface area (Å²) in [4.78, 5) is 0. The highest BCUT2D eigenvalue weighted by molar-refractivity contribution is 7.13. The van der Waals surface area contributed by atoms with Gasteiger partial charge in [-0.15, -0.1) is 0 Å². The third-order valence-electron chi connectivity index (χ3n) is 6.82. The number of hydrogen-bond acceptors (Lipinski definition) is 0. The van der Waals surface area contributed by atoms with E-state index in [1.54, 1.807) is 21.9 Å². The van der Waals surface area contributed by atoms with E-state index in [-0.39, 0.29) is 5.41 Å². The van der Waals surface area contributed by atoms with Gasteiger partial charge >= 0.3 is 0 Å². The highest BCUT2D eigenvalue weighted by Crippen LogP contribution is 2.59. The van der Waals surface area contributed by atoms with Gasteiger partial charge < -0.3 is 0 Å². The zero-order valence-electron chi connectivity index (χ0n) is 16.8. The van der Waals surface area contributed by atoms with E-state index in [1.807, 2.05) is 5.20 Å². The van der Waals surface area contributed by atoms with Gasteiger partial charge in [0, 0.05) is 5.92 Å². The summed E-state index contributed by atoms with van der Waals surface area (Å²) in [6.07, 6.45) is 3.68. The van der Waals surface area contributed by atoms with Gasteiger partial charge in [-0.05, 0) is 52.1 Å². The molecule has 26 heavy (non-hydrogen) atoms. The van der Waals surface area contributed by atoms with Crippen molar-refractivity contribution in [2.75, 3.05) is 0 Å². The first kappa shape index (κ1) is 16.3. The Morgan fingerprint density at radius 1 is 0.962 bits per heavy atom. The van der Waals surface area contributed by atoms with E-state index in [0.717, 1.165) is 0 Å². The van der Waals surface area contributed by atoms with Gasteiger partial charge in [0.1, 0.15) is 8.07 Å². The topological polar surface area (TPSA) is 0 Å². The van der Waals surface area contributed by atoms with E-state index < -0.39 is 8.07 Å². The number of fused-ring (bicyclic) bond motifs is 3. The first-order valence-electron chi connectivity index (χ1n) is 9.89. The SMILES string of the molecule is CC1=Cc2c(cccc2C(C)(C)C)C1c1cccc2c1C1=C(C2)[Si]1(C)C. The molecule has 0 aromatic heterocycles. The third-order valence-corrected chi connectivity index (χ3v) is 10.3. The molecule has 2 aliphatic carbocycles. The summed E-state index contributed by atoms with van der Waals surface area (Å²) in [6, 6.07) is 14.0. The van der Waals surface area contributed by atoms with Gasteiger partial charge in [-0.2, -0.15) is 0 Å². The minimum atomic E-state index is -1.18. The first-order chi connectivity index (χ1) is 12.2. The van der Waals surface area contributed by atoms with Crippen molar-refractivity contribution in [3.8, 4) is 0 Å². The van der Waals surface area contributed by atoms with E-state index in [1.165, 1.54) is 28.7 Å². The van der Waals surface area contributed by atoms with Crippen LogP contribution in [0.3, 0.4) is 0 Å². The molecule has 1 atom stereocenters. The predicted molar refractivity (Wildman–Crippen MR) is 115 cm³/mol. The highest BCUT2D eigenvalue weighted by Gasteiger charge is 2.52. The van der Waals surface area contributed by atoms with Crippen LogP contribution in [0.4, 0.5) is 0 Å². The van der Waals surface area contributed by atoms with Crippen LogP contribution in [-0.2, 0) is 11.8 Å². The Balaban J connectivity index is 1.70. The smallest absolute Gasteiger partial charge is 0.0714 e. The summed E-state index contributed by atoms with van der Waals surface area (Å²) in [5, 5.41) is 3.58. The Labute approximate surface area is 158 Å². The van der Waals surface area contributed by atoms with Crippen LogP contribution in [0.15, 0.2) is 47.2 Å². The van der Waals surface area contributed by atoms with Crippen molar-refractivity contribution in [2.45, 2.75) is 58.5 Å². The summed E-state index contributed by atoms with van der Waals surface area (Å²) in [6.45, 7) is 14.4. The van der Waals surface area contributed by atoms with Crippen molar-refractivity contribution in [3.63, 3.8) is 0 Å². The average molecular weight is 357 g/mol. The van der Waals surface area contributed by atoms with E-state index in [2.05, 4.69) is 83.3 Å². The van der Waals surface area contributed by atoms with Crippen molar-refractivity contribution < 1.29 is 0 Å². The molecule has 0 saturated carbocycles. The molecule has 0 amide bonds. The molecular weight excluding hydrogens is 328 g/mol. The number of rotatable bonds is 1. The molecule has 0 spiro atoms. The maximum Gasteiger partial charge on any atom is 0.108 e. The summed E-state index contributed by atoms with van der Waals surface area (Å²) in [5.41, 5.74) is 10.9. The van der Waals surface area contributed by atoms with Crippen LogP contribution in [0.5, 0.6) is 0 Å². The Morgan fingerprint density at radius 2 is 1.65 bits per heavy atom. The first-order valence-corrected chi connectivity index (χ1v) is 12.9. The summed E-state index contributed by atoms with van der Waals surface area (Å²) in [7, 11) is -1.18. The third kappa shape index (κ3) is 2.01. The lowest BCUT2D eigenvalue weighted by atomic mass is 9.80. The maximum atomic E-state index is 2.53. The van der Waals surface area contributed by atoms with Gasteiger partial charge in [-0.1, -0.05) is 92.3 Å². The van der Waals surface area contributed by atoms with Crippen molar-refractivity contribution in [3.05, 3.63) is 80.5 Å². The van der Waals surface area contributed by atoms with Crippen LogP contribution >= 0.6 is 0 Å². The normalized spacial score (nSPS) is 22.1. The second-order valence-corrected chi connectivity index (χ2v) is 14.3. The minimum Gasteiger partial charge on any atom is -0.0714 e. The van der Waals surface area contributed by atoms with Crippen LogP contribution in [-0.4, -0.2) is 8.07 Å². The number of hydrogen-bond donors (Lipinski definition) is 0. The Bertz CT molecular complexity index is 1020. The van der Waals surface area contributed by atoms with Gasteiger partial charge in [-0.3, -0.25) is 0 Å². The Kier molecular flexibility index (Phi) is 3.07. The molecule has 0 fully saturated rings. The molecule has 5 rings (SSSR count). The molecule has 1 aliphatic heterocycles. The fraction of sp³-hybridized carbons (Fsp3) is 0.360. The van der Waals surface area contributed by atoms with Gasteiger partial charge in [0.2, 0.25) is 0 Å². The monoisotopic (exact) mass is 356 g/mol. The molecule has 0 radical (unpaired) electrons. The van der Waals surface area contributed by atoms with E-state index in [9.17, 15) is 0 Å². The van der Waals surface area contributed by atoms with Gasteiger partial charge in [0.05, 0.1) is 0 Å². The van der Waals surface area contributed by atoms with Crippen molar-refractivity contribution in [2.24, 2.45) is 0 Å². The average Bonchev–Trinajstić information content (AvgIpc) is 2.91. The standard InChI is InChI=1S/C25H28Si/c1-15-13-19-17(10-8-12-20(19)25(2,3)4)22(15)18-11-7-9-16-14-21-24(23(16)18)26(21,5)6/h7-13,22H,14H2,1-6H3. The predicted octanol–water partition coefficient (Wildman–Crippen LogP) is 6.64.